The monoisotopic (exact) mass is 1810 g/mol. The minimum absolute atomic E-state index is 0. The molecule has 0 aliphatic carbocycles. The standard InChI is InChI=1S/C28H28ClNO.C28H29NO.C23H22N2O.2C21H23NO.2CH4/c1-20-8-9-26(27(29)18-20)19-30-16-14-25(15-17-30)28(23-6-4-3-5-7-23)24-12-10-22(11-13-24)21(2)31;1-21-8-10-23(11-9-21)20-29-18-16-27(17-19-29)28(25-6-4-3-5-7-25)26-14-12-24(13-15-26)22(2)30;1-16(26)17-7-9-18(10-8-17)22(19-11-14-24-15-12-19)21-6-2-4-20-5-3-13-25-23(20)21;1-15-4-3-5-20(14-15)21(19-10-12-22-13-11-19)18-8-6-17(7-9-18)16(2)23;1-16(23)17-8-10-19(11-9-17)21(18-6-4-3-5-7-18)20-12-14-22(2)15-13-20;;/h3-13,18H,14-17,19H2,1-2H3;3-15H,16-20H2,1-2H3;2-10,13,24H,11-12,14-15H2,1H3;3-9,14,22H,10-13H2,1-2H3;3-11H,12-15H2,1-2H3;2*1H4. The van der Waals surface area contributed by atoms with E-state index in [0.717, 1.165) is 192 Å². The first-order valence-electron chi connectivity index (χ1n) is 47.2. The van der Waals surface area contributed by atoms with Gasteiger partial charge in [0.2, 0.25) is 0 Å². The average Bonchev–Trinajstić information content (AvgIpc) is 0.765. The molecule has 0 atom stereocenters. The first kappa shape index (κ1) is 101. The van der Waals surface area contributed by atoms with Crippen LogP contribution in [0, 0.1) is 20.8 Å². The number of halogens is 1. The summed E-state index contributed by atoms with van der Waals surface area (Å²) in [4.78, 5) is 70.2. The normalized spacial score (nSPS) is 14.5. The molecule has 5 saturated heterocycles. The minimum Gasteiger partial charge on any atom is -0.316 e. The zero-order valence-electron chi connectivity index (χ0n) is 78.8. The molecule has 0 unspecified atom stereocenters. The Morgan fingerprint density at radius 2 is 0.600 bits per heavy atom. The molecule has 0 spiro atoms. The third-order valence-corrected chi connectivity index (χ3v) is 26.5. The molecule has 692 valence electrons. The van der Waals surface area contributed by atoms with Crippen molar-refractivity contribution >= 4 is 79.3 Å². The van der Waals surface area contributed by atoms with E-state index in [9.17, 15) is 24.0 Å². The van der Waals surface area contributed by atoms with Crippen LogP contribution in [0.15, 0.2) is 343 Å². The zero-order valence-corrected chi connectivity index (χ0v) is 79.5. The highest BCUT2D eigenvalue weighted by Gasteiger charge is 2.26. The smallest absolute Gasteiger partial charge is 0.159 e. The number of hydrogen-bond acceptors (Lipinski definition) is 11. The molecular weight excluding hydrogens is 1680 g/mol. The highest BCUT2D eigenvalue weighted by atomic mass is 35.5. The van der Waals surface area contributed by atoms with Crippen LogP contribution < -0.4 is 10.6 Å². The van der Waals surface area contributed by atoms with Crippen molar-refractivity contribution in [1.82, 2.24) is 30.3 Å². The molecular formula is C123H133ClN6O5. The Labute approximate surface area is 808 Å². The summed E-state index contributed by atoms with van der Waals surface area (Å²) in [5.74, 6) is 0.538. The Hall–Kier alpha value is -12.8. The van der Waals surface area contributed by atoms with Crippen molar-refractivity contribution in [3.05, 3.63) is 460 Å². The predicted molar refractivity (Wildman–Crippen MR) is 565 cm³/mol. The second-order valence-electron chi connectivity index (χ2n) is 35.8. The number of likely N-dealkylation sites (tertiary alicyclic amines) is 3. The van der Waals surface area contributed by atoms with E-state index in [-0.39, 0.29) is 43.8 Å². The van der Waals surface area contributed by atoms with E-state index in [0.29, 0.717) is 0 Å². The number of Topliss-reactive ketones (excluding diaryl/α,β-unsaturated/α-hetero) is 5. The van der Waals surface area contributed by atoms with Crippen LogP contribution in [0.4, 0.5) is 0 Å². The number of nitrogens with one attached hydrogen (secondary N) is 2. The molecule has 6 heterocycles. The molecule has 0 amide bonds. The van der Waals surface area contributed by atoms with Gasteiger partial charge in [-0.15, -0.1) is 0 Å². The van der Waals surface area contributed by atoms with Gasteiger partial charge in [-0.3, -0.25) is 38.8 Å². The van der Waals surface area contributed by atoms with Crippen LogP contribution in [0.2, 0.25) is 5.02 Å². The third kappa shape index (κ3) is 27.7. The maximum atomic E-state index is 11.7. The molecule has 2 N–H and O–H groups in total. The molecule has 11 nitrogen and oxygen atoms in total. The summed E-state index contributed by atoms with van der Waals surface area (Å²) in [5.41, 5.74) is 37.4. The number of benzene rings is 12. The van der Waals surface area contributed by atoms with Crippen molar-refractivity contribution < 1.29 is 24.0 Å². The molecule has 18 rings (SSSR count). The van der Waals surface area contributed by atoms with Crippen LogP contribution in [0.3, 0.4) is 0 Å². The van der Waals surface area contributed by atoms with E-state index in [1.54, 1.807) is 34.6 Å². The maximum Gasteiger partial charge on any atom is 0.159 e. The zero-order chi connectivity index (χ0) is 93.1. The van der Waals surface area contributed by atoms with E-state index in [1.165, 1.54) is 134 Å². The molecule has 12 aromatic carbocycles. The van der Waals surface area contributed by atoms with Crippen LogP contribution in [0.5, 0.6) is 0 Å². The van der Waals surface area contributed by atoms with Gasteiger partial charge in [0.05, 0.1) is 5.52 Å². The number of fused-ring (bicyclic) bond motifs is 1. The highest BCUT2D eigenvalue weighted by molar-refractivity contribution is 6.31. The molecule has 5 fully saturated rings. The summed E-state index contributed by atoms with van der Waals surface area (Å²) in [6, 6.07) is 106. The molecule has 13 aromatic rings. The number of aryl methyl sites for hydroxylation is 3. The van der Waals surface area contributed by atoms with Crippen molar-refractivity contribution in [3.8, 4) is 0 Å². The Balaban J connectivity index is 0.000000152. The fourth-order valence-electron chi connectivity index (χ4n) is 18.7. The number of hydrogen-bond donors (Lipinski definition) is 2. The number of ketones is 5. The SMILES string of the molecule is C.C.CC(=O)c1ccc(C(=C2CCN(C)CC2)c2ccccc2)cc1.CC(=O)c1ccc(C(=C2CCN(Cc3ccc(C)cc3)CC2)c2ccccc2)cc1.CC(=O)c1ccc(C(=C2CCN(Cc3ccc(C)cc3Cl)CC2)c2ccccc2)cc1.CC(=O)c1ccc(C(=C2CCNCC2)c2cccc(C)c2)cc1.CC(=O)c1ccc(C(=C2CCNCC2)c2cccc3cccnc23)cc1. The van der Waals surface area contributed by atoms with Gasteiger partial charge < -0.3 is 15.5 Å². The number of rotatable bonds is 19. The van der Waals surface area contributed by atoms with Crippen LogP contribution in [-0.2, 0) is 13.1 Å². The number of piperidine rings is 5. The lowest BCUT2D eigenvalue weighted by Gasteiger charge is -2.30. The number of para-hydroxylation sites is 1. The van der Waals surface area contributed by atoms with Crippen LogP contribution in [0.1, 0.15) is 249 Å². The van der Waals surface area contributed by atoms with E-state index in [1.807, 2.05) is 79.0 Å². The summed E-state index contributed by atoms with van der Waals surface area (Å²) >= 11 is 6.46. The van der Waals surface area contributed by atoms with Gasteiger partial charge in [0.1, 0.15) is 0 Å². The summed E-state index contributed by atoms with van der Waals surface area (Å²) in [5, 5.41) is 8.88. The van der Waals surface area contributed by atoms with Gasteiger partial charge in [0.15, 0.2) is 28.9 Å². The number of aromatic nitrogens is 1. The van der Waals surface area contributed by atoms with E-state index in [4.69, 9.17) is 11.6 Å². The lowest BCUT2D eigenvalue weighted by atomic mass is 9.87. The Bertz CT molecular complexity index is 6320. The number of pyridine rings is 1. The molecule has 0 saturated carbocycles. The van der Waals surface area contributed by atoms with E-state index < -0.39 is 0 Å². The van der Waals surface area contributed by atoms with Crippen molar-refractivity contribution in [3.63, 3.8) is 0 Å². The summed E-state index contributed by atoms with van der Waals surface area (Å²) in [6.07, 6.45) is 12.5. The molecule has 1 aromatic heterocycles. The quantitative estimate of drug-likeness (QED) is 0.0750. The summed E-state index contributed by atoms with van der Waals surface area (Å²) < 4.78 is 0. The van der Waals surface area contributed by atoms with Gasteiger partial charge in [-0.2, -0.15) is 0 Å². The molecule has 135 heavy (non-hydrogen) atoms. The first-order chi connectivity index (χ1) is 64.6. The van der Waals surface area contributed by atoms with Crippen LogP contribution in [-0.4, -0.2) is 121 Å². The highest BCUT2D eigenvalue weighted by Crippen LogP contribution is 2.40. The molecule has 5 aliphatic heterocycles. The van der Waals surface area contributed by atoms with Gasteiger partial charge in [-0.1, -0.05) is 363 Å². The largest absolute Gasteiger partial charge is 0.316 e. The third-order valence-electron chi connectivity index (χ3n) is 26.1. The Morgan fingerprint density at radius 3 is 0.978 bits per heavy atom. The number of carbonyl (C=O) groups excluding carboxylic acids is 5. The van der Waals surface area contributed by atoms with Gasteiger partial charge in [0.25, 0.3) is 0 Å². The fourth-order valence-corrected chi connectivity index (χ4v) is 19.0. The fraction of sp³-hybridized carbons (Fsp3) is 0.268. The van der Waals surface area contributed by atoms with Crippen LogP contribution in [0.25, 0.3) is 38.8 Å². The van der Waals surface area contributed by atoms with E-state index >= 15 is 0 Å². The molecule has 5 aliphatic rings. The first-order valence-corrected chi connectivity index (χ1v) is 47.6. The number of nitrogens with zero attached hydrogens (tertiary/aromatic N) is 4. The lowest BCUT2D eigenvalue weighted by Crippen LogP contribution is -2.30. The molecule has 0 bridgehead atoms. The molecule has 0 radical (unpaired) electrons. The van der Waals surface area contributed by atoms with Gasteiger partial charge in [-0.05, 0) is 260 Å². The summed E-state index contributed by atoms with van der Waals surface area (Å²) in [6.45, 7) is 26.8. The summed E-state index contributed by atoms with van der Waals surface area (Å²) in [7, 11) is 2.18. The van der Waals surface area contributed by atoms with Crippen molar-refractivity contribution in [2.45, 2.75) is 148 Å². The van der Waals surface area contributed by atoms with E-state index in [2.05, 4.69) is 295 Å². The Morgan fingerprint density at radius 1 is 0.296 bits per heavy atom. The van der Waals surface area contributed by atoms with Gasteiger partial charge in [0, 0.05) is 102 Å². The number of carbonyl (C=O) groups is 5. The van der Waals surface area contributed by atoms with Crippen molar-refractivity contribution in [1.29, 1.82) is 0 Å². The van der Waals surface area contributed by atoms with Gasteiger partial charge in [-0.25, -0.2) is 0 Å². The second kappa shape index (κ2) is 50.0. The predicted octanol–water partition coefficient (Wildman–Crippen LogP) is 27.9. The molecule has 12 heteroatoms. The van der Waals surface area contributed by atoms with Crippen LogP contribution >= 0.6 is 11.6 Å². The van der Waals surface area contributed by atoms with Gasteiger partial charge >= 0.3 is 0 Å². The second-order valence-corrected chi connectivity index (χ2v) is 36.3. The average molecular weight is 1810 g/mol. The maximum absolute atomic E-state index is 11.7. The topological polar surface area (TPSA) is 132 Å². The Kier molecular flexibility index (Phi) is 37.4. The minimum atomic E-state index is 0. The van der Waals surface area contributed by atoms with Crippen molar-refractivity contribution in [2.24, 2.45) is 0 Å². The lowest BCUT2D eigenvalue weighted by molar-refractivity contribution is 0.100. The van der Waals surface area contributed by atoms with Crippen molar-refractivity contribution in [2.75, 3.05) is 72.5 Å².